The van der Waals surface area contributed by atoms with Crippen LogP contribution in [0.1, 0.15) is 37.2 Å². The Morgan fingerprint density at radius 1 is 1.04 bits per heavy atom. The van der Waals surface area contributed by atoms with Crippen LogP contribution in [-0.4, -0.2) is 31.7 Å². The predicted octanol–water partition coefficient (Wildman–Crippen LogP) is 3.80. The van der Waals surface area contributed by atoms with Crippen LogP contribution >= 0.6 is 0 Å². The lowest BCUT2D eigenvalue weighted by molar-refractivity contribution is -0.111. The number of amides is 1. The molecule has 27 heavy (non-hydrogen) atoms. The number of hydrogen-bond donors (Lipinski definition) is 1. The summed E-state index contributed by atoms with van der Waals surface area (Å²) in [6.07, 6.45) is 6.90. The zero-order chi connectivity index (χ0) is 19.3. The van der Waals surface area contributed by atoms with Crippen molar-refractivity contribution < 1.29 is 17.6 Å². The lowest BCUT2D eigenvalue weighted by Crippen LogP contribution is -2.31. The lowest BCUT2D eigenvalue weighted by atomic mass is 10.2. The Labute approximate surface area is 159 Å². The van der Waals surface area contributed by atoms with Crippen molar-refractivity contribution in [1.29, 1.82) is 0 Å². The van der Waals surface area contributed by atoms with Crippen LogP contribution in [0.2, 0.25) is 0 Å². The minimum atomic E-state index is -3.48. The van der Waals surface area contributed by atoms with Gasteiger partial charge in [-0.2, -0.15) is 4.31 Å². The monoisotopic (exact) mass is 388 g/mol. The summed E-state index contributed by atoms with van der Waals surface area (Å²) in [5.74, 6) is 1.06. The molecule has 1 N–H and O–H groups in total. The fourth-order valence-electron chi connectivity index (χ4n) is 3.03. The third-order valence-electron chi connectivity index (χ3n) is 4.48. The van der Waals surface area contributed by atoms with Gasteiger partial charge >= 0.3 is 0 Å². The molecule has 0 bridgehead atoms. The molecule has 0 spiro atoms. The summed E-state index contributed by atoms with van der Waals surface area (Å²) in [5, 5.41) is 2.71. The van der Waals surface area contributed by atoms with Gasteiger partial charge in [0.15, 0.2) is 0 Å². The highest BCUT2D eigenvalue weighted by atomic mass is 32.2. The van der Waals surface area contributed by atoms with Crippen LogP contribution < -0.4 is 5.32 Å². The SMILES string of the molecule is Cc1ccc(C=CC(=O)Nc2ccc(S(=O)(=O)N3CCCCCC3)cc2)o1. The van der Waals surface area contributed by atoms with Crippen LogP contribution in [0.15, 0.2) is 51.8 Å². The third kappa shape index (κ3) is 5.08. The second-order valence-corrected chi connectivity index (χ2v) is 8.55. The molecule has 6 nitrogen and oxygen atoms in total. The van der Waals surface area contributed by atoms with E-state index in [-0.39, 0.29) is 10.8 Å². The maximum Gasteiger partial charge on any atom is 0.248 e. The van der Waals surface area contributed by atoms with Gasteiger partial charge in [0.1, 0.15) is 11.5 Å². The Hall–Kier alpha value is -2.38. The summed E-state index contributed by atoms with van der Waals surface area (Å²) >= 11 is 0. The first-order valence-corrected chi connectivity index (χ1v) is 10.5. The topological polar surface area (TPSA) is 79.6 Å². The van der Waals surface area contributed by atoms with Crippen molar-refractivity contribution in [2.45, 2.75) is 37.5 Å². The fourth-order valence-corrected chi connectivity index (χ4v) is 4.54. The van der Waals surface area contributed by atoms with Gasteiger partial charge < -0.3 is 9.73 Å². The highest BCUT2D eigenvalue weighted by Crippen LogP contribution is 2.21. The molecule has 1 fully saturated rings. The Bertz CT molecular complexity index is 906. The highest BCUT2D eigenvalue weighted by molar-refractivity contribution is 7.89. The maximum atomic E-state index is 12.8. The minimum Gasteiger partial charge on any atom is -0.462 e. The molecule has 1 saturated heterocycles. The summed E-state index contributed by atoms with van der Waals surface area (Å²) < 4.78 is 32.4. The van der Waals surface area contributed by atoms with Crippen molar-refractivity contribution in [3.05, 3.63) is 54.0 Å². The van der Waals surface area contributed by atoms with E-state index >= 15 is 0 Å². The fraction of sp³-hybridized carbons (Fsp3) is 0.350. The van der Waals surface area contributed by atoms with Gasteiger partial charge in [-0.15, -0.1) is 0 Å². The van der Waals surface area contributed by atoms with Gasteiger partial charge in [0.05, 0.1) is 4.90 Å². The van der Waals surface area contributed by atoms with Gasteiger partial charge in [-0.05, 0) is 62.2 Å². The number of nitrogens with one attached hydrogen (secondary N) is 1. The second kappa shape index (κ2) is 8.54. The third-order valence-corrected chi connectivity index (χ3v) is 6.40. The summed E-state index contributed by atoms with van der Waals surface area (Å²) in [7, 11) is -3.48. The molecule has 1 aromatic carbocycles. The highest BCUT2D eigenvalue weighted by Gasteiger charge is 2.24. The molecule has 2 aromatic rings. The van der Waals surface area contributed by atoms with Gasteiger partial charge in [-0.3, -0.25) is 4.79 Å². The molecule has 0 atom stereocenters. The van der Waals surface area contributed by atoms with E-state index in [1.807, 2.05) is 13.0 Å². The van der Waals surface area contributed by atoms with Crippen molar-refractivity contribution >= 4 is 27.7 Å². The van der Waals surface area contributed by atoms with Crippen LogP contribution in [0.3, 0.4) is 0 Å². The molecule has 1 aliphatic rings. The van der Waals surface area contributed by atoms with Gasteiger partial charge in [-0.25, -0.2) is 8.42 Å². The lowest BCUT2D eigenvalue weighted by Gasteiger charge is -2.20. The number of carbonyl (C=O) groups is 1. The predicted molar refractivity (Wildman–Crippen MR) is 105 cm³/mol. The number of anilines is 1. The van der Waals surface area contributed by atoms with Crippen LogP contribution in [0.5, 0.6) is 0 Å². The molecule has 0 radical (unpaired) electrons. The number of sulfonamides is 1. The summed E-state index contributed by atoms with van der Waals surface area (Å²) in [6, 6.07) is 9.88. The normalized spacial score (nSPS) is 16.3. The standard InChI is InChI=1S/C20H24N2O4S/c1-16-6-9-18(26-16)10-13-20(23)21-17-7-11-19(12-8-17)27(24,25)22-14-4-2-3-5-15-22/h6-13H,2-5,14-15H2,1H3,(H,21,23). The number of aryl methyl sites for hydroxylation is 1. The average molecular weight is 388 g/mol. The Balaban J connectivity index is 1.64. The van der Waals surface area contributed by atoms with E-state index in [0.717, 1.165) is 31.4 Å². The minimum absolute atomic E-state index is 0.254. The first-order chi connectivity index (χ1) is 12.9. The van der Waals surface area contributed by atoms with Crippen molar-refractivity contribution in [2.75, 3.05) is 18.4 Å². The van der Waals surface area contributed by atoms with E-state index in [1.54, 1.807) is 28.6 Å². The van der Waals surface area contributed by atoms with Gasteiger partial charge in [0.2, 0.25) is 15.9 Å². The molecule has 0 saturated carbocycles. The van der Waals surface area contributed by atoms with Crippen molar-refractivity contribution in [3.63, 3.8) is 0 Å². The first kappa shape index (κ1) is 19.4. The molecule has 1 amide bonds. The van der Waals surface area contributed by atoms with E-state index < -0.39 is 10.0 Å². The van der Waals surface area contributed by atoms with Gasteiger partial charge in [-0.1, -0.05) is 12.8 Å². The molecule has 0 unspecified atom stereocenters. The largest absolute Gasteiger partial charge is 0.462 e. The number of carbonyl (C=O) groups excluding carboxylic acids is 1. The number of hydrogen-bond acceptors (Lipinski definition) is 4. The Kier molecular flexibility index (Phi) is 6.13. The van der Waals surface area contributed by atoms with Crippen LogP contribution in [0, 0.1) is 6.92 Å². The molecular formula is C20H24N2O4S. The van der Waals surface area contributed by atoms with Crippen LogP contribution in [0.25, 0.3) is 6.08 Å². The van der Waals surface area contributed by atoms with E-state index in [4.69, 9.17) is 4.42 Å². The first-order valence-electron chi connectivity index (χ1n) is 9.11. The number of benzene rings is 1. The van der Waals surface area contributed by atoms with Crippen molar-refractivity contribution in [2.24, 2.45) is 0 Å². The van der Waals surface area contributed by atoms with E-state index in [1.165, 1.54) is 18.2 Å². The molecule has 2 heterocycles. The number of rotatable bonds is 5. The smallest absolute Gasteiger partial charge is 0.248 e. The quantitative estimate of drug-likeness (QED) is 0.790. The summed E-state index contributed by atoms with van der Waals surface area (Å²) in [4.78, 5) is 12.2. The number of furan rings is 1. The van der Waals surface area contributed by atoms with Crippen LogP contribution in [-0.2, 0) is 14.8 Å². The Morgan fingerprint density at radius 3 is 2.30 bits per heavy atom. The molecule has 1 aliphatic heterocycles. The van der Waals surface area contributed by atoms with E-state index in [2.05, 4.69) is 5.32 Å². The summed E-state index contributed by atoms with van der Waals surface area (Å²) in [5.41, 5.74) is 0.537. The van der Waals surface area contributed by atoms with Gasteiger partial charge in [0.25, 0.3) is 0 Å². The molecule has 144 valence electrons. The zero-order valence-electron chi connectivity index (χ0n) is 15.3. The van der Waals surface area contributed by atoms with Crippen molar-refractivity contribution in [3.8, 4) is 0 Å². The molecular weight excluding hydrogens is 364 g/mol. The second-order valence-electron chi connectivity index (χ2n) is 6.61. The van der Waals surface area contributed by atoms with Crippen LogP contribution in [0.4, 0.5) is 5.69 Å². The molecule has 3 rings (SSSR count). The number of nitrogens with zero attached hydrogens (tertiary/aromatic N) is 1. The molecule has 0 aliphatic carbocycles. The van der Waals surface area contributed by atoms with E-state index in [9.17, 15) is 13.2 Å². The van der Waals surface area contributed by atoms with Crippen molar-refractivity contribution in [1.82, 2.24) is 4.31 Å². The average Bonchev–Trinajstić information content (AvgIpc) is 2.89. The zero-order valence-corrected chi connectivity index (χ0v) is 16.2. The molecule has 1 aromatic heterocycles. The van der Waals surface area contributed by atoms with Gasteiger partial charge in [0, 0.05) is 24.9 Å². The Morgan fingerprint density at radius 2 is 1.70 bits per heavy atom. The summed E-state index contributed by atoms with van der Waals surface area (Å²) in [6.45, 7) is 2.97. The maximum absolute atomic E-state index is 12.8. The van der Waals surface area contributed by atoms with E-state index in [0.29, 0.717) is 24.5 Å². The molecule has 7 heteroatoms.